The maximum atomic E-state index is 12.2. The Kier molecular flexibility index (Phi) is 6.15. The van der Waals surface area contributed by atoms with Gasteiger partial charge in [0.05, 0.1) is 36.6 Å². The lowest BCUT2D eigenvalue weighted by atomic mass is 10.1. The molecule has 3 heterocycles. The SMILES string of the molecule is O=C(CCc1ccsc1)N[C@@H]1COCC[C@@H]1OCc1cscn1. The number of rotatable bonds is 7. The number of aryl methyl sites for hydroxylation is 1. The number of carbonyl (C=O) groups is 1. The van der Waals surface area contributed by atoms with Gasteiger partial charge in [-0.05, 0) is 35.2 Å². The van der Waals surface area contributed by atoms with Gasteiger partial charge in [0.15, 0.2) is 0 Å². The Bertz CT molecular complexity index is 587. The minimum atomic E-state index is -0.0858. The first kappa shape index (κ1) is 16.6. The summed E-state index contributed by atoms with van der Waals surface area (Å²) in [6.07, 6.45) is 2.04. The third kappa shape index (κ3) is 5.10. The van der Waals surface area contributed by atoms with Crippen molar-refractivity contribution in [2.24, 2.45) is 0 Å². The Labute approximate surface area is 143 Å². The topological polar surface area (TPSA) is 60.5 Å². The van der Waals surface area contributed by atoms with E-state index in [0.29, 0.717) is 26.2 Å². The first-order chi connectivity index (χ1) is 11.3. The third-order valence-electron chi connectivity index (χ3n) is 3.79. The number of amides is 1. The van der Waals surface area contributed by atoms with Gasteiger partial charge in [-0.2, -0.15) is 11.3 Å². The maximum absolute atomic E-state index is 12.2. The van der Waals surface area contributed by atoms with Gasteiger partial charge in [-0.25, -0.2) is 4.98 Å². The number of nitrogens with zero attached hydrogens (tertiary/aromatic N) is 1. The van der Waals surface area contributed by atoms with E-state index in [1.165, 1.54) is 5.56 Å². The summed E-state index contributed by atoms with van der Waals surface area (Å²) in [5.41, 5.74) is 3.94. The lowest BCUT2D eigenvalue weighted by molar-refractivity contribution is -0.126. The smallest absolute Gasteiger partial charge is 0.220 e. The van der Waals surface area contributed by atoms with Crippen molar-refractivity contribution in [3.05, 3.63) is 39.0 Å². The first-order valence-corrected chi connectivity index (χ1v) is 9.56. The highest BCUT2D eigenvalue weighted by molar-refractivity contribution is 7.08. The number of ether oxygens (including phenoxy) is 2. The number of carbonyl (C=O) groups excluding carboxylic acids is 1. The van der Waals surface area contributed by atoms with Crippen LogP contribution in [0.15, 0.2) is 27.7 Å². The van der Waals surface area contributed by atoms with Gasteiger partial charge in [0.25, 0.3) is 0 Å². The van der Waals surface area contributed by atoms with Gasteiger partial charge in [0.1, 0.15) is 0 Å². The van der Waals surface area contributed by atoms with E-state index in [-0.39, 0.29) is 18.1 Å². The molecule has 23 heavy (non-hydrogen) atoms. The molecule has 1 saturated heterocycles. The zero-order valence-corrected chi connectivity index (χ0v) is 14.4. The molecule has 0 radical (unpaired) electrons. The number of aromatic nitrogens is 1. The predicted molar refractivity (Wildman–Crippen MR) is 90.7 cm³/mol. The molecule has 0 saturated carbocycles. The van der Waals surface area contributed by atoms with Crippen molar-refractivity contribution < 1.29 is 14.3 Å². The highest BCUT2D eigenvalue weighted by atomic mass is 32.1. The van der Waals surface area contributed by atoms with Crippen LogP contribution in [0.5, 0.6) is 0 Å². The van der Waals surface area contributed by atoms with Gasteiger partial charge in [0.2, 0.25) is 5.91 Å². The van der Waals surface area contributed by atoms with E-state index in [2.05, 4.69) is 21.7 Å². The molecule has 3 rings (SSSR count). The van der Waals surface area contributed by atoms with Crippen molar-refractivity contribution >= 4 is 28.6 Å². The number of hydrogen-bond donors (Lipinski definition) is 1. The van der Waals surface area contributed by atoms with Crippen molar-refractivity contribution in [1.29, 1.82) is 0 Å². The molecule has 1 aliphatic heterocycles. The highest BCUT2D eigenvalue weighted by Crippen LogP contribution is 2.15. The van der Waals surface area contributed by atoms with E-state index >= 15 is 0 Å². The second-order valence-electron chi connectivity index (χ2n) is 5.50. The number of hydrogen-bond acceptors (Lipinski definition) is 6. The van der Waals surface area contributed by atoms with Crippen molar-refractivity contribution in [3.8, 4) is 0 Å². The van der Waals surface area contributed by atoms with Gasteiger partial charge in [0, 0.05) is 18.4 Å². The van der Waals surface area contributed by atoms with E-state index in [4.69, 9.17) is 9.47 Å². The molecule has 0 aliphatic carbocycles. The van der Waals surface area contributed by atoms with Gasteiger partial charge in [-0.15, -0.1) is 11.3 Å². The van der Waals surface area contributed by atoms with E-state index in [1.54, 1.807) is 28.2 Å². The van der Waals surface area contributed by atoms with Gasteiger partial charge >= 0.3 is 0 Å². The van der Waals surface area contributed by atoms with Crippen molar-refractivity contribution in [2.45, 2.75) is 38.0 Å². The predicted octanol–water partition coefficient (Wildman–Crippen LogP) is 2.63. The Hall–Kier alpha value is -1.28. The minimum absolute atomic E-state index is 0.0180. The standard InChI is InChI=1S/C16H20N2O3S2/c19-16(2-1-12-4-6-22-9-12)18-14-8-20-5-3-15(14)21-7-13-10-23-11-17-13/h4,6,9-11,14-15H,1-3,5,7-8H2,(H,18,19)/t14-,15+/m1/s1. The molecule has 2 atom stereocenters. The van der Waals surface area contributed by atoms with Crippen LogP contribution in [0.3, 0.4) is 0 Å². The zero-order chi connectivity index (χ0) is 15.9. The molecule has 1 amide bonds. The summed E-state index contributed by atoms with van der Waals surface area (Å²) in [6.45, 7) is 1.66. The molecule has 1 fully saturated rings. The number of nitrogens with one attached hydrogen (secondary N) is 1. The van der Waals surface area contributed by atoms with Crippen molar-refractivity contribution in [2.75, 3.05) is 13.2 Å². The molecule has 2 aromatic heterocycles. The molecule has 7 heteroatoms. The highest BCUT2D eigenvalue weighted by Gasteiger charge is 2.28. The molecule has 124 valence electrons. The van der Waals surface area contributed by atoms with Gasteiger partial charge in [-0.1, -0.05) is 0 Å². The van der Waals surface area contributed by atoms with Crippen molar-refractivity contribution in [3.63, 3.8) is 0 Å². The van der Waals surface area contributed by atoms with Crippen LogP contribution in [0, 0.1) is 0 Å². The average Bonchev–Trinajstić information content (AvgIpc) is 3.26. The van der Waals surface area contributed by atoms with Crippen LogP contribution < -0.4 is 5.32 Å². The molecule has 1 aliphatic rings. The van der Waals surface area contributed by atoms with Gasteiger partial charge in [-0.3, -0.25) is 4.79 Å². The second kappa shape index (κ2) is 8.54. The molecule has 0 unspecified atom stereocenters. The summed E-state index contributed by atoms with van der Waals surface area (Å²) in [5.74, 6) is 0.0500. The van der Waals surface area contributed by atoms with E-state index in [9.17, 15) is 4.79 Å². The molecule has 1 N–H and O–H groups in total. The molecule has 5 nitrogen and oxygen atoms in total. The van der Waals surface area contributed by atoms with Crippen molar-refractivity contribution in [1.82, 2.24) is 10.3 Å². The average molecular weight is 352 g/mol. The van der Waals surface area contributed by atoms with E-state index in [1.807, 2.05) is 10.8 Å². The maximum Gasteiger partial charge on any atom is 0.220 e. The largest absolute Gasteiger partial charge is 0.379 e. The molecule has 2 aromatic rings. The summed E-state index contributed by atoms with van der Waals surface area (Å²) < 4.78 is 11.4. The Morgan fingerprint density at radius 3 is 3.17 bits per heavy atom. The quantitative estimate of drug-likeness (QED) is 0.832. The van der Waals surface area contributed by atoms with Crippen LogP contribution in [-0.4, -0.2) is 36.3 Å². The second-order valence-corrected chi connectivity index (χ2v) is 7.00. The Morgan fingerprint density at radius 1 is 1.43 bits per heavy atom. The fourth-order valence-electron chi connectivity index (χ4n) is 2.53. The number of thiazole rings is 1. The summed E-state index contributed by atoms with van der Waals surface area (Å²) in [4.78, 5) is 16.4. The number of thiophene rings is 1. The monoisotopic (exact) mass is 352 g/mol. The minimum Gasteiger partial charge on any atom is -0.379 e. The summed E-state index contributed by atoms with van der Waals surface area (Å²) in [6, 6.07) is 1.97. The van der Waals surface area contributed by atoms with Gasteiger partial charge < -0.3 is 14.8 Å². The van der Waals surface area contributed by atoms with Crippen LogP contribution >= 0.6 is 22.7 Å². The van der Waals surface area contributed by atoms with Crippen LogP contribution in [0.2, 0.25) is 0 Å². The van der Waals surface area contributed by atoms with Crippen LogP contribution in [0.1, 0.15) is 24.1 Å². The molecule has 0 bridgehead atoms. The van der Waals surface area contributed by atoms with E-state index < -0.39 is 0 Å². The summed E-state index contributed by atoms with van der Waals surface area (Å²) >= 11 is 3.21. The molecular formula is C16H20N2O3S2. The van der Waals surface area contributed by atoms with E-state index in [0.717, 1.165) is 18.5 Å². The fourth-order valence-corrected chi connectivity index (χ4v) is 3.77. The third-order valence-corrected chi connectivity index (χ3v) is 5.16. The zero-order valence-electron chi connectivity index (χ0n) is 12.8. The Balaban J connectivity index is 1.46. The lowest BCUT2D eigenvalue weighted by Crippen LogP contribution is -2.50. The molecule has 0 spiro atoms. The molecular weight excluding hydrogens is 332 g/mol. The lowest BCUT2D eigenvalue weighted by Gasteiger charge is -2.32. The van der Waals surface area contributed by atoms with Crippen LogP contribution in [-0.2, 0) is 27.3 Å². The first-order valence-electron chi connectivity index (χ1n) is 7.68. The van der Waals surface area contributed by atoms with Crippen LogP contribution in [0.25, 0.3) is 0 Å². The normalized spacial score (nSPS) is 21.2. The molecule has 0 aromatic carbocycles. The van der Waals surface area contributed by atoms with Crippen LogP contribution in [0.4, 0.5) is 0 Å². The fraction of sp³-hybridized carbons (Fsp3) is 0.500. The summed E-state index contributed by atoms with van der Waals surface area (Å²) in [5, 5.41) is 9.15. The summed E-state index contributed by atoms with van der Waals surface area (Å²) in [7, 11) is 0. The Morgan fingerprint density at radius 2 is 2.39 bits per heavy atom.